The first kappa shape index (κ1) is 18.1. The molecule has 5 heteroatoms. The number of fused-ring (bicyclic) bond motifs is 2. The van der Waals surface area contributed by atoms with E-state index in [0.29, 0.717) is 12.0 Å². The molecule has 0 aromatic rings. The van der Waals surface area contributed by atoms with Crippen LogP contribution in [0, 0.1) is 11.3 Å². The van der Waals surface area contributed by atoms with Crippen LogP contribution in [-0.4, -0.2) is 40.3 Å². The minimum atomic E-state index is -1.00. The third-order valence-electron chi connectivity index (χ3n) is 7.23. The molecule has 0 aromatic carbocycles. The van der Waals surface area contributed by atoms with E-state index in [2.05, 4.69) is 0 Å². The Hall–Kier alpha value is -1.33. The summed E-state index contributed by atoms with van der Waals surface area (Å²) in [5.74, 6) is -0.265. The van der Waals surface area contributed by atoms with E-state index >= 15 is 0 Å². The summed E-state index contributed by atoms with van der Waals surface area (Å²) in [5, 5.41) is 0. The first-order valence-corrected chi connectivity index (χ1v) is 9.51. The summed E-state index contributed by atoms with van der Waals surface area (Å²) in [6.45, 7) is 11.6. The summed E-state index contributed by atoms with van der Waals surface area (Å²) < 4.78 is 12.5. The number of epoxide rings is 1. The Labute approximate surface area is 154 Å². The zero-order valence-corrected chi connectivity index (χ0v) is 16.5. The summed E-state index contributed by atoms with van der Waals surface area (Å²) in [5.41, 5.74) is -1.30. The van der Waals surface area contributed by atoms with E-state index in [1.165, 1.54) is 0 Å². The second kappa shape index (κ2) is 4.93. The minimum Gasteiger partial charge on any atom is -0.362 e. The van der Waals surface area contributed by atoms with E-state index in [1.807, 2.05) is 41.5 Å². The van der Waals surface area contributed by atoms with Crippen molar-refractivity contribution in [1.82, 2.24) is 0 Å². The fraction of sp³-hybridized carbons (Fsp3) is 0.762. The molecule has 2 bridgehead atoms. The lowest BCUT2D eigenvalue weighted by Gasteiger charge is -2.37. The predicted molar refractivity (Wildman–Crippen MR) is 94.6 cm³/mol. The van der Waals surface area contributed by atoms with Crippen molar-refractivity contribution in [3.8, 4) is 0 Å². The Bertz CT molecular complexity index is 772. The zero-order valence-electron chi connectivity index (χ0n) is 16.5. The van der Waals surface area contributed by atoms with Crippen LogP contribution in [0.15, 0.2) is 11.1 Å². The van der Waals surface area contributed by atoms with Crippen LogP contribution in [0.3, 0.4) is 0 Å². The first-order valence-electron chi connectivity index (χ1n) is 9.51. The van der Waals surface area contributed by atoms with Crippen LogP contribution in [-0.2, 0) is 23.9 Å². The van der Waals surface area contributed by atoms with Crippen LogP contribution >= 0.6 is 0 Å². The Morgan fingerprint density at radius 1 is 1.04 bits per heavy atom. The highest BCUT2D eigenvalue weighted by molar-refractivity contribution is 6.02. The summed E-state index contributed by atoms with van der Waals surface area (Å²) in [6.07, 6.45) is 0.817. The predicted octanol–water partition coefficient (Wildman–Crippen LogP) is 2.95. The van der Waals surface area contributed by atoms with Crippen LogP contribution in [0.1, 0.15) is 67.2 Å². The highest BCUT2D eigenvalue weighted by Crippen LogP contribution is 2.63. The summed E-state index contributed by atoms with van der Waals surface area (Å²) in [6, 6.07) is 0. The summed E-state index contributed by atoms with van der Waals surface area (Å²) in [4.78, 5) is 38.7. The Morgan fingerprint density at radius 2 is 1.69 bits per heavy atom. The second-order valence-corrected chi connectivity index (χ2v) is 9.97. The molecular weight excluding hydrogens is 332 g/mol. The molecule has 3 heterocycles. The van der Waals surface area contributed by atoms with Crippen molar-refractivity contribution in [3.63, 3.8) is 0 Å². The number of Topliss-reactive ketones (excluding diaryl/α,β-unsaturated/α-hetero) is 3. The molecule has 3 aliphatic heterocycles. The number of rotatable bonds is 0. The quantitative estimate of drug-likeness (QED) is 0.621. The second-order valence-electron chi connectivity index (χ2n) is 9.97. The lowest BCUT2D eigenvalue weighted by molar-refractivity contribution is -0.162. The SMILES string of the molecule is CC1=C2CC3(C)OC2(CC1=O)C1(C)OC1CC(=O)C(C(C)(C)C)CC3=O. The maximum absolute atomic E-state index is 13.2. The number of hydrogen-bond donors (Lipinski definition) is 0. The van der Waals surface area contributed by atoms with E-state index < -0.39 is 16.8 Å². The molecular formula is C21H28O5. The van der Waals surface area contributed by atoms with Gasteiger partial charge in [-0.1, -0.05) is 20.8 Å². The number of ketones is 3. The third-order valence-corrected chi connectivity index (χ3v) is 7.23. The molecule has 5 nitrogen and oxygen atoms in total. The number of carbonyl (C=O) groups excluding carboxylic acids is 3. The average molecular weight is 360 g/mol. The molecule has 3 saturated heterocycles. The summed E-state index contributed by atoms with van der Waals surface area (Å²) in [7, 11) is 0. The fourth-order valence-corrected chi connectivity index (χ4v) is 5.28. The normalized spacial score (nSPS) is 45.7. The number of ether oxygens (including phenoxy) is 2. The van der Waals surface area contributed by atoms with Gasteiger partial charge in [0.15, 0.2) is 11.6 Å². The fourth-order valence-electron chi connectivity index (χ4n) is 5.28. The molecule has 0 N–H and O–H groups in total. The van der Waals surface area contributed by atoms with Crippen LogP contribution in [0.2, 0.25) is 0 Å². The number of hydrogen-bond acceptors (Lipinski definition) is 5. The molecule has 142 valence electrons. The molecule has 26 heavy (non-hydrogen) atoms. The molecule has 4 rings (SSSR count). The molecule has 5 unspecified atom stereocenters. The van der Waals surface area contributed by atoms with Crippen molar-refractivity contribution in [1.29, 1.82) is 0 Å². The van der Waals surface area contributed by atoms with Gasteiger partial charge in [-0.05, 0) is 37.3 Å². The van der Waals surface area contributed by atoms with Gasteiger partial charge in [-0.15, -0.1) is 0 Å². The summed E-state index contributed by atoms with van der Waals surface area (Å²) >= 11 is 0. The number of allylic oxidation sites excluding steroid dienone is 1. The van der Waals surface area contributed by atoms with Crippen molar-refractivity contribution >= 4 is 17.3 Å². The first-order chi connectivity index (χ1) is 11.8. The smallest absolute Gasteiger partial charge is 0.165 e. The van der Waals surface area contributed by atoms with Gasteiger partial charge in [0, 0.05) is 31.6 Å². The largest absolute Gasteiger partial charge is 0.362 e. The monoisotopic (exact) mass is 360 g/mol. The van der Waals surface area contributed by atoms with E-state index in [-0.39, 0.29) is 54.0 Å². The third kappa shape index (κ3) is 2.13. The maximum atomic E-state index is 13.2. The standard InChI is InChI=1S/C21H28O5/c1-11-13-9-19(5)16(24)7-12(18(2,3)4)14(22)8-17-20(6,25-17)21(13,26-19)10-15(11)23/h12,17H,7-10H2,1-6H3. The van der Waals surface area contributed by atoms with Crippen LogP contribution in [0.4, 0.5) is 0 Å². The van der Waals surface area contributed by atoms with E-state index in [9.17, 15) is 14.4 Å². The van der Waals surface area contributed by atoms with Gasteiger partial charge in [-0.3, -0.25) is 14.4 Å². The highest BCUT2D eigenvalue weighted by atomic mass is 16.7. The van der Waals surface area contributed by atoms with Gasteiger partial charge in [0.2, 0.25) is 0 Å². The van der Waals surface area contributed by atoms with E-state index in [4.69, 9.17) is 9.47 Å². The molecule has 0 aromatic heterocycles. The van der Waals surface area contributed by atoms with Crippen molar-refractivity contribution in [2.45, 2.75) is 90.1 Å². The zero-order chi connectivity index (χ0) is 19.3. The van der Waals surface area contributed by atoms with Gasteiger partial charge in [0.1, 0.15) is 22.6 Å². The minimum absolute atomic E-state index is 0.0463. The molecule has 0 amide bonds. The Morgan fingerprint density at radius 3 is 2.31 bits per heavy atom. The topological polar surface area (TPSA) is 73.0 Å². The van der Waals surface area contributed by atoms with Crippen molar-refractivity contribution in [2.24, 2.45) is 11.3 Å². The van der Waals surface area contributed by atoms with E-state index in [0.717, 1.165) is 5.57 Å². The van der Waals surface area contributed by atoms with E-state index in [1.54, 1.807) is 0 Å². The molecule has 3 fully saturated rings. The van der Waals surface area contributed by atoms with Gasteiger partial charge in [-0.25, -0.2) is 0 Å². The molecule has 1 spiro atoms. The Balaban J connectivity index is 1.83. The lowest BCUT2D eigenvalue weighted by Crippen LogP contribution is -2.50. The van der Waals surface area contributed by atoms with Crippen LogP contribution in [0.5, 0.6) is 0 Å². The molecule has 4 aliphatic rings. The van der Waals surface area contributed by atoms with Crippen molar-refractivity contribution < 1.29 is 23.9 Å². The Kier molecular flexibility index (Phi) is 3.42. The number of carbonyl (C=O) groups is 3. The molecule has 0 saturated carbocycles. The van der Waals surface area contributed by atoms with Gasteiger partial charge in [0.25, 0.3) is 0 Å². The van der Waals surface area contributed by atoms with Crippen LogP contribution in [0.25, 0.3) is 0 Å². The molecule has 0 radical (unpaired) electrons. The van der Waals surface area contributed by atoms with Gasteiger partial charge < -0.3 is 9.47 Å². The molecule has 1 aliphatic carbocycles. The maximum Gasteiger partial charge on any atom is 0.165 e. The average Bonchev–Trinajstić information content (AvgIpc) is 2.96. The van der Waals surface area contributed by atoms with Gasteiger partial charge in [0.05, 0.1) is 6.10 Å². The van der Waals surface area contributed by atoms with Crippen LogP contribution < -0.4 is 0 Å². The van der Waals surface area contributed by atoms with Crippen molar-refractivity contribution in [3.05, 3.63) is 11.1 Å². The highest BCUT2D eigenvalue weighted by Gasteiger charge is 2.75. The van der Waals surface area contributed by atoms with Crippen molar-refractivity contribution in [2.75, 3.05) is 0 Å². The molecule has 5 atom stereocenters. The lowest BCUT2D eigenvalue weighted by atomic mass is 9.72. The van der Waals surface area contributed by atoms with Gasteiger partial charge in [-0.2, -0.15) is 0 Å². The van der Waals surface area contributed by atoms with Gasteiger partial charge >= 0.3 is 0 Å².